The molecule has 0 aromatic heterocycles. The van der Waals surface area contributed by atoms with Crippen LogP contribution in [0, 0.1) is 0 Å². The molecule has 1 atom stereocenters. The Morgan fingerprint density at radius 1 is 0.632 bits per heavy atom. The van der Waals surface area contributed by atoms with Crippen molar-refractivity contribution >= 4 is 71.7 Å². The van der Waals surface area contributed by atoms with E-state index in [0.717, 1.165) is 51.6 Å². The van der Waals surface area contributed by atoms with Crippen molar-refractivity contribution in [1.82, 2.24) is 4.90 Å². The minimum absolute atomic E-state index is 0.00960. The molecule has 0 radical (unpaired) electrons. The molecule has 0 aliphatic carbocycles. The molecule has 0 amide bonds. The molecular weight excluding hydrogens is 935 g/mol. The smallest absolute Gasteiger partial charge is 0.305 e. The summed E-state index contributed by atoms with van der Waals surface area (Å²) < 4.78 is 26.2. The number of nitrogens with zero attached hydrogens (tertiary/aromatic N) is 1. The second kappa shape index (κ2) is 38.9. The van der Waals surface area contributed by atoms with E-state index in [0.29, 0.717) is 32.7 Å². The summed E-state index contributed by atoms with van der Waals surface area (Å²) in [5, 5.41) is 5.12. The Hall–Kier alpha value is -0.633. The Kier molecular flexibility index (Phi) is 35.3. The van der Waals surface area contributed by atoms with E-state index in [1.165, 1.54) is 146 Å². The van der Waals surface area contributed by atoms with E-state index in [1.807, 2.05) is 0 Å². The van der Waals surface area contributed by atoms with E-state index >= 15 is 0 Å². The van der Waals surface area contributed by atoms with Crippen LogP contribution in [0.5, 0.6) is 0 Å². The summed E-state index contributed by atoms with van der Waals surface area (Å²) in [5.41, 5.74) is 0. The predicted octanol–water partition coefficient (Wildman–Crippen LogP) is 15.4. The molecule has 1 unspecified atom stereocenters. The van der Waals surface area contributed by atoms with E-state index in [2.05, 4.69) is 154 Å². The molecule has 0 N–H and O–H groups in total. The Labute approximate surface area is 436 Å². The lowest BCUT2D eigenvalue weighted by atomic mass is 9.99. The molecule has 1 aliphatic rings. The fourth-order valence-electron chi connectivity index (χ4n) is 9.32. The Morgan fingerprint density at radius 2 is 1.09 bits per heavy atom. The first-order valence-corrected chi connectivity index (χ1v) is 33.9. The van der Waals surface area contributed by atoms with Crippen LogP contribution in [-0.4, -0.2) is 104 Å². The van der Waals surface area contributed by atoms with E-state index in [9.17, 15) is 4.79 Å². The highest BCUT2D eigenvalue weighted by molar-refractivity contribution is 8.16. The summed E-state index contributed by atoms with van der Waals surface area (Å²) in [6.07, 6.45) is 28.4. The third kappa shape index (κ3) is 26.4. The molecule has 1 aliphatic heterocycles. The third-order valence-corrected chi connectivity index (χ3v) is 23.3. The average Bonchev–Trinajstić information content (AvgIpc) is 3.74. The largest absolute Gasteiger partial charge is 0.466 e. The van der Waals surface area contributed by atoms with E-state index in [1.54, 1.807) is 0 Å². The molecular formula is C57H99NO5S4Si. The molecule has 1 saturated heterocycles. The van der Waals surface area contributed by atoms with Crippen LogP contribution >= 0.6 is 47.0 Å². The van der Waals surface area contributed by atoms with Gasteiger partial charge in [-0.3, -0.25) is 4.79 Å². The molecule has 3 rings (SSSR count). The van der Waals surface area contributed by atoms with Gasteiger partial charge in [-0.05, 0) is 110 Å². The van der Waals surface area contributed by atoms with Gasteiger partial charge in [0.1, 0.15) is 0 Å². The lowest BCUT2D eigenvalue weighted by molar-refractivity contribution is -0.181. The quantitative estimate of drug-likeness (QED) is 0.0278. The number of rotatable bonds is 44. The summed E-state index contributed by atoms with van der Waals surface area (Å²) in [6, 6.07) is 21.7. The van der Waals surface area contributed by atoms with Crippen LogP contribution in [0.2, 0.25) is 5.04 Å². The number of hydrogen-bond donors (Lipinski definition) is 0. The van der Waals surface area contributed by atoms with Crippen LogP contribution in [0.15, 0.2) is 60.7 Å². The fraction of sp³-hybridized carbons (Fsp3) is 0.772. The molecule has 390 valence electrons. The molecule has 68 heavy (non-hydrogen) atoms. The second-order valence-electron chi connectivity index (χ2n) is 20.3. The van der Waals surface area contributed by atoms with Gasteiger partial charge in [0.25, 0.3) is 8.32 Å². The van der Waals surface area contributed by atoms with Crippen molar-refractivity contribution in [3.63, 3.8) is 0 Å². The van der Waals surface area contributed by atoms with E-state index in [4.69, 9.17) is 18.6 Å². The third-order valence-electron chi connectivity index (χ3n) is 13.3. The number of carbonyl (C=O) groups excluding carboxylic acids is 1. The monoisotopic (exact) mass is 1030 g/mol. The first-order chi connectivity index (χ1) is 33.2. The number of carbonyl (C=O) groups is 1. The summed E-state index contributed by atoms with van der Waals surface area (Å²) in [4.78, 5) is 15.2. The van der Waals surface area contributed by atoms with Crippen molar-refractivity contribution < 1.29 is 23.4 Å². The number of unbranched alkanes of at least 4 members (excludes halogenated alkanes) is 14. The van der Waals surface area contributed by atoms with Gasteiger partial charge in [-0.1, -0.05) is 172 Å². The minimum Gasteiger partial charge on any atom is -0.466 e. The molecule has 0 saturated carbocycles. The zero-order valence-electron chi connectivity index (χ0n) is 44.2. The van der Waals surface area contributed by atoms with Gasteiger partial charge in [-0.2, -0.15) is 47.0 Å². The first kappa shape index (κ1) is 61.7. The van der Waals surface area contributed by atoms with Gasteiger partial charge in [0.15, 0.2) is 5.79 Å². The van der Waals surface area contributed by atoms with E-state index in [-0.39, 0.29) is 17.1 Å². The van der Waals surface area contributed by atoms with Crippen LogP contribution in [-0.2, 0) is 23.4 Å². The van der Waals surface area contributed by atoms with E-state index < -0.39 is 14.1 Å². The van der Waals surface area contributed by atoms with Crippen molar-refractivity contribution in [3.8, 4) is 0 Å². The highest BCUT2D eigenvalue weighted by Gasteiger charge is 2.50. The number of esters is 1. The molecule has 1 heterocycles. The van der Waals surface area contributed by atoms with Gasteiger partial charge in [0, 0.05) is 42.5 Å². The normalized spacial score (nSPS) is 15.1. The molecule has 0 bridgehead atoms. The zero-order valence-corrected chi connectivity index (χ0v) is 48.5. The van der Waals surface area contributed by atoms with Crippen molar-refractivity contribution in [3.05, 3.63) is 60.7 Å². The van der Waals surface area contributed by atoms with Crippen LogP contribution in [0.25, 0.3) is 0 Å². The molecule has 0 spiro atoms. The minimum atomic E-state index is -2.53. The Balaban J connectivity index is 1.33. The lowest BCUT2D eigenvalue weighted by Gasteiger charge is -2.43. The van der Waals surface area contributed by atoms with Crippen LogP contribution in [0.4, 0.5) is 0 Å². The van der Waals surface area contributed by atoms with Gasteiger partial charge in [0.2, 0.25) is 0 Å². The summed E-state index contributed by atoms with van der Waals surface area (Å²) >= 11 is 8.49. The standard InChI is InChI=1S/C57H99NO5S4Si/c1-7-9-27-45-64-50-66-47-29-17-13-11-15-25-39-57(40-26-16-12-14-18-30-48-67-51-65-46-28-10-8-2)61-49-52(63-57)38-44-60-55(59)37-31-41-58(6)42-32-43-62-68(56(3,4)5,53-33-21-19-22-34-53)54-35-23-20-24-36-54/h19-24,33-36,52H,7-18,25-32,37-51H2,1-6H3. The van der Waals surface area contributed by atoms with Crippen molar-refractivity contribution in [2.75, 3.05) is 73.1 Å². The van der Waals surface area contributed by atoms with Crippen LogP contribution in [0.1, 0.15) is 189 Å². The highest BCUT2D eigenvalue weighted by Crippen LogP contribution is 2.38. The second-order valence-corrected chi connectivity index (χ2v) is 29.7. The SMILES string of the molecule is CCCCCSCSCCCCCCCCC1(CCCCCCCCSCSCCCCC)OCC(CCOC(=O)CCCN(C)CCCO[Si](c2ccccc2)(c2ccccc2)C(C)(C)C)O1. The maximum atomic E-state index is 12.8. The van der Waals surface area contributed by atoms with Gasteiger partial charge in [0.05, 0.1) is 19.3 Å². The molecule has 1 fully saturated rings. The molecule has 11 heteroatoms. The van der Waals surface area contributed by atoms with Crippen molar-refractivity contribution in [2.24, 2.45) is 0 Å². The summed E-state index contributed by atoms with van der Waals surface area (Å²) in [7, 11) is -0.386. The van der Waals surface area contributed by atoms with Gasteiger partial charge < -0.3 is 23.5 Å². The number of hydrogen-bond acceptors (Lipinski definition) is 10. The fourth-order valence-corrected chi connectivity index (χ4v) is 18.4. The molecule has 2 aromatic rings. The topological polar surface area (TPSA) is 57.2 Å². The van der Waals surface area contributed by atoms with Crippen LogP contribution < -0.4 is 10.4 Å². The summed E-state index contributed by atoms with van der Waals surface area (Å²) in [6.45, 7) is 15.0. The molecule has 6 nitrogen and oxygen atoms in total. The number of thioether (sulfide) groups is 4. The average molecular weight is 1030 g/mol. The predicted molar refractivity (Wildman–Crippen MR) is 307 cm³/mol. The Morgan fingerprint density at radius 3 is 1.57 bits per heavy atom. The number of benzene rings is 2. The Bertz CT molecular complexity index is 1420. The maximum Gasteiger partial charge on any atom is 0.305 e. The first-order valence-electron chi connectivity index (χ1n) is 27.4. The summed E-state index contributed by atoms with van der Waals surface area (Å²) in [5.74, 6) is 4.67. The van der Waals surface area contributed by atoms with Crippen molar-refractivity contribution in [2.45, 2.75) is 206 Å². The van der Waals surface area contributed by atoms with Gasteiger partial charge in [-0.25, -0.2) is 0 Å². The molecule has 2 aromatic carbocycles. The van der Waals surface area contributed by atoms with Gasteiger partial charge >= 0.3 is 5.97 Å². The van der Waals surface area contributed by atoms with Crippen molar-refractivity contribution in [1.29, 1.82) is 0 Å². The van der Waals surface area contributed by atoms with Crippen LogP contribution in [0.3, 0.4) is 0 Å². The maximum absolute atomic E-state index is 12.8. The zero-order chi connectivity index (χ0) is 48.9. The lowest BCUT2D eigenvalue weighted by Crippen LogP contribution is -2.66. The van der Waals surface area contributed by atoms with Gasteiger partial charge in [-0.15, -0.1) is 0 Å². The highest BCUT2D eigenvalue weighted by atomic mass is 32.2. The number of ether oxygens (including phenoxy) is 3.